The molecule has 33 heavy (non-hydrogen) atoms. The average molecular weight is 459 g/mol. The zero-order valence-electron chi connectivity index (χ0n) is 18.6. The molecular formula is C24H24F3N3O3. The Morgan fingerprint density at radius 3 is 2.21 bits per heavy atom. The summed E-state index contributed by atoms with van der Waals surface area (Å²) in [6.07, 6.45) is -3.57. The topological polar surface area (TPSA) is 84.2 Å². The third-order valence-electron chi connectivity index (χ3n) is 5.22. The van der Waals surface area contributed by atoms with E-state index in [2.05, 4.69) is 31.2 Å². The fourth-order valence-electron chi connectivity index (χ4n) is 3.38. The number of benzene rings is 2. The monoisotopic (exact) mass is 459 g/mol. The van der Waals surface area contributed by atoms with Crippen LogP contribution < -0.4 is 10.7 Å². The SMILES string of the molecule is CNC(=O)c1nn(Cc2cc(C(F)(F)F)ccc2-c2ccc(C(C)(C)C)cc2)cc(O)c1=O. The van der Waals surface area contributed by atoms with E-state index in [0.717, 1.165) is 28.6 Å². The third kappa shape index (κ3) is 5.24. The molecule has 0 aliphatic rings. The molecule has 3 rings (SSSR count). The maximum atomic E-state index is 13.4. The number of halogens is 3. The molecule has 1 heterocycles. The quantitative estimate of drug-likeness (QED) is 0.608. The molecule has 2 aromatic carbocycles. The highest BCUT2D eigenvalue weighted by Gasteiger charge is 2.31. The number of hydrogen-bond donors (Lipinski definition) is 2. The second-order valence-electron chi connectivity index (χ2n) is 8.67. The van der Waals surface area contributed by atoms with Crippen molar-refractivity contribution in [2.75, 3.05) is 7.05 Å². The van der Waals surface area contributed by atoms with Gasteiger partial charge in [0.2, 0.25) is 0 Å². The number of carbonyl (C=O) groups excluding carboxylic acids is 1. The van der Waals surface area contributed by atoms with Gasteiger partial charge in [-0.3, -0.25) is 14.3 Å². The van der Waals surface area contributed by atoms with E-state index in [4.69, 9.17) is 0 Å². The van der Waals surface area contributed by atoms with E-state index >= 15 is 0 Å². The van der Waals surface area contributed by atoms with Crippen LogP contribution in [-0.2, 0) is 18.1 Å². The molecule has 0 aliphatic carbocycles. The lowest BCUT2D eigenvalue weighted by Gasteiger charge is -2.20. The van der Waals surface area contributed by atoms with Crippen molar-refractivity contribution in [1.82, 2.24) is 15.1 Å². The summed E-state index contributed by atoms with van der Waals surface area (Å²) in [5, 5.41) is 16.1. The van der Waals surface area contributed by atoms with Crippen molar-refractivity contribution < 1.29 is 23.1 Å². The van der Waals surface area contributed by atoms with Crippen molar-refractivity contribution in [1.29, 1.82) is 0 Å². The zero-order chi connectivity index (χ0) is 24.6. The maximum absolute atomic E-state index is 13.4. The molecule has 0 bridgehead atoms. The number of aromatic hydroxyl groups is 1. The summed E-state index contributed by atoms with van der Waals surface area (Å²) in [6.45, 7) is 5.97. The second-order valence-corrected chi connectivity index (χ2v) is 8.67. The van der Waals surface area contributed by atoms with Crippen LogP contribution in [0.2, 0.25) is 0 Å². The lowest BCUT2D eigenvalue weighted by molar-refractivity contribution is -0.137. The van der Waals surface area contributed by atoms with E-state index in [1.807, 2.05) is 24.3 Å². The van der Waals surface area contributed by atoms with Crippen LogP contribution in [0.1, 0.15) is 48.0 Å². The predicted octanol–water partition coefficient (Wildman–Crippen LogP) is 4.34. The molecule has 1 aromatic heterocycles. The largest absolute Gasteiger partial charge is 0.503 e. The lowest BCUT2D eigenvalue weighted by Crippen LogP contribution is -2.29. The molecule has 6 nitrogen and oxygen atoms in total. The fourth-order valence-corrected chi connectivity index (χ4v) is 3.38. The number of nitrogens with zero attached hydrogens (tertiary/aromatic N) is 2. The van der Waals surface area contributed by atoms with E-state index in [9.17, 15) is 27.9 Å². The highest BCUT2D eigenvalue weighted by molar-refractivity contribution is 5.92. The summed E-state index contributed by atoms with van der Waals surface area (Å²) < 4.78 is 41.3. The number of carbonyl (C=O) groups is 1. The van der Waals surface area contributed by atoms with Gasteiger partial charge in [0.1, 0.15) is 0 Å². The Kier molecular flexibility index (Phi) is 6.35. The van der Waals surface area contributed by atoms with Crippen LogP contribution >= 0.6 is 0 Å². The number of nitrogens with one attached hydrogen (secondary N) is 1. The number of aromatic nitrogens is 2. The summed E-state index contributed by atoms with van der Waals surface area (Å²) in [4.78, 5) is 24.0. The molecule has 1 amide bonds. The number of alkyl halides is 3. The molecule has 0 saturated heterocycles. The van der Waals surface area contributed by atoms with Gasteiger partial charge in [-0.05, 0) is 39.8 Å². The Morgan fingerprint density at radius 1 is 1.06 bits per heavy atom. The molecule has 3 aromatic rings. The molecule has 9 heteroatoms. The summed E-state index contributed by atoms with van der Waals surface area (Å²) in [5.41, 5.74) is 0.106. The van der Waals surface area contributed by atoms with Crippen molar-refractivity contribution in [3.05, 3.63) is 81.3 Å². The minimum atomic E-state index is -4.56. The molecule has 2 N–H and O–H groups in total. The predicted molar refractivity (Wildman–Crippen MR) is 118 cm³/mol. The number of rotatable bonds is 4. The number of hydrogen-bond acceptors (Lipinski definition) is 4. The smallest absolute Gasteiger partial charge is 0.416 e. The first kappa shape index (κ1) is 24.0. The molecule has 0 radical (unpaired) electrons. The highest BCUT2D eigenvalue weighted by Crippen LogP contribution is 2.34. The average Bonchev–Trinajstić information content (AvgIpc) is 2.74. The van der Waals surface area contributed by atoms with Gasteiger partial charge in [0.15, 0.2) is 11.4 Å². The van der Waals surface area contributed by atoms with E-state index < -0.39 is 34.5 Å². The van der Waals surface area contributed by atoms with Crippen molar-refractivity contribution in [2.24, 2.45) is 0 Å². The molecule has 0 unspecified atom stereocenters. The molecule has 0 saturated carbocycles. The number of amides is 1. The van der Waals surface area contributed by atoms with E-state index in [0.29, 0.717) is 11.1 Å². The molecule has 0 spiro atoms. The van der Waals surface area contributed by atoms with Crippen LogP contribution in [-0.4, -0.2) is 27.8 Å². The van der Waals surface area contributed by atoms with E-state index in [1.54, 1.807) is 0 Å². The van der Waals surface area contributed by atoms with Crippen LogP contribution in [0.3, 0.4) is 0 Å². The summed E-state index contributed by atoms with van der Waals surface area (Å²) in [5.74, 6) is -1.54. The Balaban J connectivity index is 2.13. The second kappa shape index (κ2) is 8.73. The minimum Gasteiger partial charge on any atom is -0.503 e. The van der Waals surface area contributed by atoms with Gasteiger partial charge in [0, 0.05) is 7.05 Å². The Hall–Kier alpha value is -3.62. The zero-order valence-corrected chi connectivity index (χ0v) is 18.6. The Bertz CT molecular complexity index is 1240. The van der Waals surface area contributed by atoms with Gasteiger partial charge in [0.25, 0.3) is 11.3 Å². The fraction of sp³-hybridized carbons (Fsp3) is 0.292. The first-order chi connectivity index (χ1) is 15.3. The van der Waals surface area contributed by atoms with Gasteiger partial charge in [0.05, 0.1) is 18.3 Å². The highest BCUT2D eigenvalue weighted by atomic mass is 19.4. The summed E-state index contributed by atoms with van der Waals surface area (Å²) in [7, 11) is 1.30. The Labute approximate surface area is 188 Å². The first-order valence-corrected chi connectivity index (χ1v) is 10.1. The van der Waals surface area contributed by atoms with Gasteiger partial charge in [-0.1, -0.05) is 51.1 Å². The molecule has 0 aliphatic heterocycles. The van der Waals surface area contributed by atoms with Crippen LogP contribution in [0.5, 0.6) is 5.75 Å². The van der Waals surface area contributed by atoms with Gasteiger partial charge >= 0.3 is 6.18 Å². The van der Waals surface area contributed by atoms with Gasteiger partial charge in [-0.2, -0.15) is 18.3 Å². The van der Waals surface area contributed by atoms with Crippen molar-refractivity contribution in [2.45, 2.75) is 38.9 Å². The van der Waals surface area contributed by atoms with Crippen LogP contribution in [0.4, 0.5) is 13.2 Å². The van der Waals surface area contributed by atoms with Crippen LogP contribution in [0, 0.1) is 0 Å². The molecule has 0 fully saturated rings. The van der Waals surface area contributed by atoms with Crippen LogP contribution in [0.25, 0.3) is 11.1 Å². The Morgan fingerprint density at radius 2 is 1.67 bits per heavy atom. The van der Waals surface area contributed by atoms with Crippen molar-refractivity contribution in [3.63, 3.8) is 0 Å². The van der Waals surface area contributed by atoms with Crippen molar-refractivity contribution in [3.8, 4) is 16.9 Å². The standard InChI is InChI=1S/C24H24F3N3O3/c1-23(2,3)16-7-5-14(6-8-16)18-10-9-17(24(25,26)27)11-15(18)12-30-13-19(31)21(32)20(29-30)22(33)28-4/h5-11,13,31H,12H2,1-4H3,(H,28,33). The molecule has 0 atom stereocenters. The lowest BCUT2D eigenvalue weighted by atomic mass is 9.86. The first-order valence-electron chi connectivity index (χ1n) is 10.1. The summed E-state index contributed by atoms with van der Waals surface area (Å²) in [6, 6.07) is 10.9. The van der Waals surface area contributed by atoms with Gasteiger partial charge in [-0.15, -0.1) is 0 Å². The van der Waals surface area contributed by atoms with Crippen molar-refractivity contribution >= 4 is 5.91 Å². The summed E-state index contributed by atoms with van der Waals surface area (Å²) >= 11 is 0. The van der Waals surface area contributed by atoms with Crippen LogP contribution in [0.15, 0.2) is 53.5 Å². The minimum absolute atomic E-state index is 0.0882. The third-order valence-corrected chi connectivity index (χ3v) is 5.22. The molecule has 174 valence electrons. The molecular weight excluding hydrogens is 435 g/mol. The maximum Gasteiger partial charge on any atom is 0.416 e. The normalized spacial score (nSPS) is 12.0. The van der Waals surface area contributed by atoms with Gasteiger partial charge in [-0.25, -0.2) is 0 Å². The van der Waals surface area contributed by atoms with Gasteiger partial charge < -0.3 is 10.4 Å². The van der Waals surface area contributed by atoms with E-state index in [-0.39, 0.29) is 17.5 Å². The van der Waals surface area contributed by atoms with E-state index in [1.165, 1.54) is 13.1 Å².